The van der Waals surface area contributed by atoms with Gasteiger partial charge in [-0.1, -0.05) is 6.92 Å². The van der Waals surface area contributed by atoms with Crippen molar-refractivity contribution in [1.29, 1.82) is 0 Å². The second-order valence-corrected chi connectivity index (χ2v) is 9.39. The monoisotopic (exact) mass is 496 g/mol. The van der Waals surface area contributed by atoms with Crippen LogP contribution in [0.4, 0.5) is 21.9 Å². The number of hydrogen-bond acceptors (Lipinski definition) is 6. The first kappa shape index (κ1) is 25.6. The highest BCUT2D eigenvalue weighted by Gasteiger charge is 2.23. The molecule has 9 heteroatoms. The number of nitrogens with zero attached hydrogens (tertiary/aromatic N) is 1. The maximum Gasteiger partial charge on any atom is 0.323 e. The van der Waals surface area contributed by atoms with Gasteiger partial charge in [0.1, 0.15) is 11.5 Å². The molecule has 2 fully saturated rings. The first-order valence-corrected chi connectivity index (χ1v) is 12.6. The molecule has 36 heavy (non-hydrogen) atoms. The number of benzene rings is 2. The summed E-state index contributed by atoms with van der Waals surface area (Å²) in [7, 11) is 3.09. The Morgan fingerprint density at radius 1 is 1.03 bits per heavy atom. The molecule has 2 aromatic rings. The molecule has 0 aliphatic carbocycles. The molecule has 2 aromatic carbocycles. The summed E-state index contributed by atoms with van der Waals surface area (Å²) in [5.74, 6) is 1.62. The molecule has 0 aromatic heterocycles. The Kier molecular flexibility index (Phi) is 8.53. The van der Waals surface area contributed by atoms with Crippen molar-refractivity contribution in [3.05, 3.63) is 42.0 Å². The molecule has 0 spiro atoms. The Morgan fingerprint density at radius 3 is 2.53 bits per heavy atom. The number of methoxy groups -OCH3 is 2. The number of carbonyl (C=O) groups excluding carboxylic acids is 2. The number of urea groups is 1. The van der Waals surface area contributed by atoms with Crippen LogP contribution in [0, 0.1) is 5.92 Å². The van der Waals surface area contributed by atoms with E-state index in [4.69, 9.17) is 14.2 Å². The minimum absolute atomic E-state index is 0.0554. The van der Waals surface area contributed by atoms with Gasteiger partial charge in [-0.3, -0.25) is 4.79 Å². The van der Waals surface area contributed by atoms with Crippen LogP contribution in [0.25, 0.3) is 0 Å². The SMILES string of the molecule is COc1ccc(NC(=O)Nc2ccc(N3CCC(C)CC3)c(C(=O)NCC3CCCO3)c2)c(OC)c1. The van der Waals surface area contributed by atoms with Gasteiger partial charge in [0.05, 0.1) is 31.6 Å². The van der Waals surface area contributed by atoms with Gasteiger partial charge in [0.2, 0.25) is 0 Å². The van der Waals surface area contributed by atoms with E-state index in [2.05, 4.69) is 27.8 Å². The lowest BCUT2D eigenvalue weighted by molar-refractivity contribution is 0.0858. The second kappa shape index (κ2) is 12.0. The highest BCUT2D eigenvalue weighted by molar-refractivity contribution is 6.04. The van der Waals surface area contributed by atoms with Crippen molar-refractivity contribution >= 4 is 29.0 Å². The van der Waals surface area contributed by atoms with Crippen LogP contribution in [0.15, 0.2) is 36.4 Å². The predicted molar refractivity (Wildman–Crippen MR) is 141 cm³/mol. The van der Waals surface area contributed by atoms with Crippen LogP contribution in [-0.2, 0) is 4.74 Å². The van der Waals surface area contributed by atoms with Crippen LogP contribution >= 0.6 is 0 Å². The number of rotatable bonds is 8. The third-order valence-corrected chi connectivity index (χ3v) is 6.79. The molecule has 2 saturated heterocycles. The molecular formula is C27H36N4O5. The van der Waals surface area contributed by atoms with Gasteiger partial charge in [0.15, 0.2) is 0 Å². The van der Waals surface area contributed by atoms with E-state index in [1.165, 1.54) is 7.11 Å². The molecule has 2 aliphatic heterocycles. The fourth-order valence-corrected chi connectivity index (χ4v) is 4.61. The fourth-order valence-electron chi connectivity index (χ4n) is 4.61. The summed E-state index contributed by atoms with van der Waals surface area (Å²) in [6, 6.07) is 10.2. The Labute approximate surface area is 212 Å². The van der Waals surface area contributed by atoms with Crippen LogP contribution in [0.2, 0.25) is 0 Å². The summed E-state index contributed by atoms with van der Waals surface area (Å²) in [5, 5.41) is 8.66. The van der Waals surface area contributed by atoms with Gasteiger partial charge < -0.3 is 35.1 Å². The molecule has 9 nitrogen and oxygen atoms in total. The van der Waals surface area contributed by atoms with Crippen LogP contribution in [0.1, 0.15) is 43.0 Å². The highest BCUT2D eigenvalue weighted by Crippen LogP contribution is 2.31. The predicted octanol–water partition coefficient (Wildman–Crippen LogP) is 4.49. The lowest BCUT2D eigenvalue weighted by Crippen LogP contribution is -2.36. The number of hydrogen-bond donors (Lipinski definition) is 3. The zero-order chi connectivity index (χ0) is 25.5. The van der Waals surface area contributed by atoms with Crippen LogP contribution in [0.3, 0.4) is 0 Å². The third kappa shape index (κ3) is 6.40. The standard InChI is InChI=1S/C27H36N4O5/c1-18-10-12-31(13-11-18)24-9-6-19(15-22(24)26(32)28-17-21-5-4-14-36-21)29-27(33)30-23-8-7-20(34-2)16-25(23)35-3/h6-9,15-16,18,21H,4-5,10-14,17H2,1-3H3,(H,28,32)(H2,29,30,33). The molecule has 3 N–H and O–H groups in total. The van der Waals surface area contributed by atoms with Gasteiger partial charge in [-0.2, -0.15) is 0 Å². The lowest BCUT2D eigenvalue weighted by atomic mass is 9.97. The third-order valence-electron chi connectivity index (χ3n) is 6.79. The Morgan fingerprint density at radius 2 is 1.83 bits per heavy atom. The minimum atomic E-state index is -0.441. The maximum atomic E-state index is 13.3. The summed E-state index contributed by atoms with van der Waals surface area (Å²) >= 11 is 0. The number of ether oxygens (including phenoxy) is 3. The summed E-state index contributed by atoms with van der Waals surface area (Å²) < 4.78 is 16.2. The molecule has 3 amide bonds. The summed E-state index contributed by atoms with van der Waals surface area (Å²) in [6.07, 6.45) is 4.20. The van der Waals surface area contributed by atoms with Gasteiger partial charge in [-0.15, -0.1) is 0 Å². The molecule has 2 heterocycles. The smallest absolute Gasteiger partial charge is 0.323 e. The first-order valence-electron chi connectivity index (χ1n) is 12.6. The lowest BCUT2D eigenvalue weighted by Gasteiger charge is -2.33. The number of amides is 3. The van der Waals surface area contributed by atoms with Crippen LogP contribution < -0.4 is 30.3 Å². The van der Waals surface area contributed by atoms with E-state index in [0.717, 1.165) is 51.1 Å². The number of carbonyl (C=O) groups is 2. The average Bonchev–Trinajstić information content (AvgIpc) is 3.42. The van der Waals surface area contributed by atoms with Crippen molar-refractivity contribution in [2.45, 2.75) is 38.7 Å². The van der Waals surface area contributed by atoms with E-state index in [-0.39, 0.29) is 12.0 Å². The van der Waals surface area contributed by atoms with Gasteiger partial charge in [0, 0.05) is 43.7 Å². The minimum Gasteiger partial charge on any atom is -0.497 e. The average molecular weight is 497 g/mol. The van der Waals surface area contributed by atoms with Crippen molar-refractivity contribution in [2.24, 2.45) is 5.92 Å². The van der Waals surface area contributed by atoms with E-state index >= 15 is 0 Å². The number of anilines is 3. The molecule has 0 bridgehead atoms. The zero-order valence-corrected chi connectivity index (χ0v) is 21.3. The Balaban J connectivity index is 1.50. The molecule has 194 valence electrons. The van der Waals surface area contributed by atoms with Crippen LogP contribution in [-0.4, -0.2) is 58.5 Å². The van der Waals surface area contributed by atoms with Gasteiger partial charge in [-0.05, 0) is 61.9 Å². The second-order valence-electron chi connectivity index (χ2n) is 9.39. The van der Waals surface area contributed by atoms with Gasteiger partial charge in [0.25, 0.3) is 5.91 Å². The Bertz CT molecular complexity index is 1060. The van der Waals surface area contributed by atoms with Crippen LogP contribution in [0.5, 0.6) is 11.5 Å². The van der Waals surface area contributed by atoms with E-state index in [9.17, 15) is 9.59 Å². The van der Waals surface area contributed by atoms with Crippen molar-refractivity contribution in [2.75, 3.05) is 56.0 Å². The fraction of sp³-hybridized carbons (Fsp3) is 0.481. The molecular weight excluding hydrogens is 460 g/mol. The summed E-state index contributed by atoms with van der Waals surface area (Å²) in [5.41, 5.74) is 2.46. The summed E-state index contributed by atoms with van der Waals surface area (Å²) in [6.45, 7) is 5.28. The van der Waals surface area contributed by atoms with Crippen molar-refractivity contribution < 1.29 is 23.8 Å². The van der Waals surface area contributed by atoms with Gasteiger partial charge >= 0.3 is 6.03 Å². The molecule has 0 radical (unpaired) electrons. The molecule has 1 unspecified atom stereocenters. The highest BCUT2D eigenvalue weighted by atomic mass is 16.5. The number of nitrogens with one attached hydrogen (secondary N) is 3. The molecule has 4 rings (SSSR count). The topological polar surface area (TPSA) is 101 Å². The zero-order valence-electron chi connectivity index (χ0n) is 21.3. The molecule has 2 aliphatic rings. The Hall–Kier alpha value is -3.46. The van der Waals surface area contributed by atoms with E-state index in [1.807, 2.05) is 12.1 Å². The largest absolute Gasteiger partial charge is 0.497 e. The quantitative estimate of drug-likeness (QED) is 0.498. The van der Waals surface area contributed by atoms with Crippen molar-refractivity contribution in [3.63, 3.8) is 0 Å². The number of piperidine rings is 1. The summed E-state index contributed by atoms with van der Waals surface area (Å²) in [4.78, 5) is 28.3. The normalized spacial score (nSPS) is 18.0. The molecule has 0 saturated carbocycles. The van der Waals surface area contributed by atoms with E-state index in [0.29, 0.717) is 40.9 Å². The van der Waals surface area contributed by atoms with Crippen molar-refractivity contribution in [1.82, 2.24) is 5.32 Å². The van der Waals surface area contributed by atoms with E-state index in [1.54, 1.807) is 31.4 Å². The maximum absolute atomic E-state index is 13.3. The van der Waals surface area contributed by atoms with Crippen molar-refractivity contribution in [3.8, 4) is 11.5 Å². The first-order chi connectivity index (χ1) is 17.5. The van der Waals surface area contributed by atoms with Gasteiger partial charge in [-0.25, -0.2) is 4.79 Å². The molecule has 1 atom stereocenters. The van der Waals surface area contributed by atoms with E-state index < -0.39 is 6.03 Å².